The maximum Gasteiger partial charge on any atom is 0.119 e. The number of nitrogens with one attached hydrogen (secondary N) is 1. The van der Waals surface area contributed by atoms with Crippen LogP contribution in [-0.2, 0) is 13.1 Å². The van der Waals surface area contributed by atoms with E-state index in [0.29, 0.717) is 6.61 Å². The molecule has 0 saturated heterocycles. The third kappa shape index (κ3) is 5.52. The van der Waals surface area contributed by atoms with Crippen LogP contribution in [-0.4, -0.2) is 21.9 Å². The van der Waals surface area contributed by atoms with Crippen molar-refractivity contribution in [3.63, 3.8) is 0 Å². The molecule has 2 rings (SSSR count). The molecule has 0 radical (unpaired) electrons. The second kappa shape index (κ2) is 7.09. The number of halogens is 1. The highest BCUT2D eigenvalue weighted by Gasteiger charge is 2.10. The molecule has 0 aliphatic heterocycles. The number of ether oxygens (including phenoxy) is 1. The van der Waals surface area contributed by atoms with Crippen LogP contribution in [0.5, 0.6) is 5.75 Å². The first-order valence-electron chi connectivity index (χ1n) is 7.08. The largest absolute Gasteiger partial charge is 0.492 e. The van der Waals surface area contributed by atoms with Crippen molar-refractivity contribution in [1.82, 2.24) is 15.1 Å². The van der Waals surface area contributed by atoms with Gasteiger partial charge in [-0.15, -0.1) is 0 Å². The van der Waals surface area contributed by atoms with Crippen LogP contribution in [0.1, 0.15) is 26.5 Å². The molecule has 0 aliphatic rings. The molecule has 1 aromatic carbocycles. The van der Waals surface area contributed by atoms with Crippen LogP contribution >= 0.6 is 15.9 Å². The quantitative estimate of drug-likeness (QED) is 0.863. The van der Waals surface area contributed by atoms with E-state index in [0.717, 1.165) is 23.3 Å². The number of hydrogen-bond acceptors (Lipinski definition) is 3. The van der Waals surface area contributed by atoms with Gasteiger partial charge in [0.25, 0.3) is 0 Å². The Labute approximate surface area is 134 Å². The van der Waals surface area contributed by atoms with Crippen molar-refractivity contribution >= 4 is 15.9 Å². The molecule has 5 heteroatoms. The van der Waals surface area contributed by atoms with Crippen molar-refractivity contribution in [2.75, 3.05) is 6.61 Å². The molecule has 0 unspecified atom stereocenters. The van der Waals surface area contributed by atoms with E-state index in [1.807, 2.05) is 41.2 Å². The summed E-state index contributed by atoms with van der Waals surface area (Å²) in [7, 11) is 0. The van der Waals surface area contributed by atoms with Gasteiger partial charge in [0.1, 0.15) is 12.4 Å². The number of hydrogen-bond donors (Lipinski definition) is 1. The fourth-order valence-electron chi connectivity index (χ4n) is 1.85. The summed E-state index contributed by atoms with van der Waals surface area (Å²) in [5.41, 5.74) is 1.27. The monoisotopic (exact) mass is 351 g/mol. The Morgan fingerprint density at radius 3 is 2.57 bits per heavy atom. The molecule has 0 saturated carbocycles. The van der Waals surface area contributed by atoms with E-state index in [-0.39, 0.29) is 5.54 Å². The average molecular weight is 352 g/mol. The molecule has 0 amide bonds. The minimum atomic E-state index is 0.100. The van der Waals surface area contributed by atoms with Crippen molar-refractivity contribution in [3.8, 4) is 5.75 Å². The topological polar surface area (TPSA) is 39.1 Å². The van der Waals surface area contributed by atoms with Gasteiger partial charge in [0, 0.05) is 22.8 Å². The third-order valence-corrected chi connectivity index (χ3v) is 3.52. The van der Waals surface area contributed by atoms with Crippen molar-refractivity contribution in [2.24, 2.45) is 0 Å². The standard InChI is InChI=1S/C16H22BrN3O/c1-16(2,3)18-12-14-8-9-19-20(14)10-11-21-15-6-4-13(17)5-7-15/h4-9,18H,10-12H2,1-3H3. The fraction of sp³-hybridized carbons (Fsp3) is 0.438. The predicted molar refractivity (Wildman–Crippen MR) is 88.5 cm³/mol. The molecule has 1 heterocycles. The van der Waals surface area contributed by atoms with Crippen molar-refractivity contribution in [2.45, 2.75) is 39.4 Å². The van der Waals surface area contributed by atoms with Crippen molar-refractivity contribution < 1.29 is 4.74 Å². The summed E-state index contributed by atoms with van der Waals surface area (Å²) in [6, 6.07) is 9.90. The Morgan fingerprint density at radius 2 is 1.90 bits per heavy atom. The number of aromatic nitrogens is 2. The molecule has 21 heavy (non-hydrogen) atoms. The first-order chi connectivity index (χ1) is 9.94. The molecule has 114 valence electrons. The zero-order valence-corrected chi connectivity index (χ0v) is 14.4. The highest BCUT2D eigenvalue weighted by atomic mass is 79.9. The maximum absolute atomic E-state index is 5.73. The molecule has 0 spiro atoms. The summed E-state index contributed by atoms with van der Waals surface area (Å²) < 4.78 is 8.77. The van der Waals surface area contributed by atoms with Crippen LogP contribution in [0.4, 0.5) is 0 Å². The molecular formula is C16H22BrN3O. The molecule has 0 fully saturated rings. The zero-order valence-electron chi connectivity index (χ0n) is 12.8. The van der Waals surface area contributed by atoms with Gasteiger partial charge < -0.3 is 10.1 Å². The van der Waals surface area contributed by atoms with E-state index in [4.69, 9.17) is 4.74 Å². The van der Waals surface area contributed by atoms with Crippen LogP contribution in [0.3, 0.4) is 0 Å². The summed E-state index contributed by atoms with van der Waals surface area (Å²) in [6.07, 6.45) is 1.83. The highest BCUT2D eigenvalue weighted by Crippen LogP contribution is 2.16. The molecule has 4 nitrogen and oxygen atoms in total. The first kappa shape index (κ1) is 16.0. The summed E-state index contributed by atoms with van der Waals surface area (Å²) in [6.45, 7) is 8.62. The van der Waals surface area contributed by atoms with E-state index in [1.165, 1.54) is 5.69 Å². The smallest absolute Gasteiger partial charge is 0.119 e. The predicted octanol–water partition coefficient (Wildman–Crippen LogP) is 3.61. The fourth-order valence-corrected chi connectivity index (χ4v) is 2.11. The Kier molecular flexibility index (Phi) is 5.42. The minimum absolute atomic E-state index is 0.100. The molecule has 1 N–H and O–H groups in total. The van der Waals surface area contributed by atoms with E-state index in [9.17, 15) is 0 Å². The van der Waals surface area contributed by atoms with E-state index < -0.39 is 0 Å². The molecule has 1 aromatic heterocycles. The third-order valence-electron chi connectivity index (χ3n) is 2.99. The zero-order chi connectivity index (χ0) is 15.3. The average Bonchev–Trinajstić information content (AvgIpc) is 2.86. The lowest BCUT2D eigenvalue weighted by Crippen LogP contribution is -2.35. The summed E-state index contributed by atoms with van der Waals surface area (Å²) in [5.74, 6) is 0.875. The Hall–Kier alpha value is -1.33. The minimum Gasteiger partial charge on any atom is -0.492 e. The van der Waals surface area contributed by atoms with E-state index in [2.05, 4.69) is 47.1 Å². The normalized spacial score (nSPS) is 11.6. The molecule has 0 bridgehead atoms. The van der Waals surface area contributed by atoms with E-state index >= 15 is 0 Å². The summed E-state index contributed by atoms with van der Waals surface area (Å²) in [5, 5.41) is 7.82. The van der Waals surface area contributed by atoms with Crippen LogP contribution in [0.15, 0.2) is 41.0 Å². The summed E-state index contributed by atoms with van der Waals surface area (Å²) >= 11 is 3.41. The number of rotatable bonds is 6. The molecule has 2 aromatic rings. The van der Waals surface area contributed by atoms with Crippen LogP contribution < -0.4 is 10.1 Å². The first-order valence-corrected chi connectivity index (χ1v) is 7.87. The van der Waals surface area contributed by atoms with Crippen LogP contribution in [0.2, 0.25) is 0 Å². The highest BCUT2D eigenvalue weighted by molar-refractivity contribution is 9.10. The molecule has 0 aliphatic carbocycles. The lowest BCUT2D eigenvalue weighted by Gasteiger charge is -2.20. The second-order valence-electron chi connectivity index (χ2n) is 5.95. The van der Waals surface area contributed by atoms with Gasteiger partial charge >= 0.3 is 0 Å². The lowest BCUT2D eigenvalue weighted by molar-refractivity contribution is 0.287. The Balaban J connectivity index is 1.83. The SMILES string of the molecule is CC(C)(C)NCc1ccnn1CCOc1ccc(Br)cc1. The van der Waals surface area contributed by atoms with Gasteiger partial charge in [-0.3, -0.25) is 4.68 Å². The maximum atomic E-state index is 5.73. The Morgan fingerprint density at radius 1 is 1.19 bits per heavy atom. The molecular weight excluding hydrogens is 330 g/mol. The van der Waals surface area contributed by atoms with Gasteiger partial charge in [-0.1, -0.05) is 15.9 Å². The molecule has 0 atom stereocenters. The Bertz CT molecular complexity index is 558. The van der Waals surface area contributed by atoms with Crippen LogP contribution in [0.25, 0.3) is 0 Å². The number of benzene rings is 1. The van der Waals surface area contributed by atoms with Gasteiger partial charge in [-0.2, -0.15) is 5.10 Å². The van der Waals surface area contributed by atoms with Crippen LogP contribution in [0, 0.1) is 0 Å². The van der Waals surface area contributed by atoms with Gasteiger partial charge in [0.2, 0.25) is 0 Å². The van der Waals surface area contributed by atoms with Crippen molar-refractivity contribution in [3.05, 3.63) is 46.7 Å². The van der Waals surface area contributed by atoms with E-state index in [1.54, 1.807) is 0 Å². The summed E-state index contributed by atoms with van der Waals surface area (Å²) in [4.78, 5) is 0. The van der Waals surface area contributed by atoms with Gasteiger partial charge in [-0.05, 0) is 51.1 Å². The second-order valence-corrected chi connectivity index (χ2v) is 6.87. The van der Waals surface area contributed by atoms with Gasteiger partial charge in [-0.25, -0.2) is 0 Å². The lowest BCUT2D eigenvalue weighted by atomic mass is 10.1. The van der Waals surface area contributed by atoms with Gasteiger partial charge in [0.15, 0.2) is 0 Å². The van der Waals surface area contributed by atoms with Gasteiger partial charge in [0.05, 0.1) is 12.2 Å². The number of nitrogens with zero attached hydrogens (tertiary/aromatic N) is 2. The van der Waals surface area contributed by atoms with Crippen molar-refractivity contribution in [1.29, 1.82) is 0 Å².